The van der Waals surface area contributed by atoms with Crippen molar-refractivity contribution in [2.75, 3.05) is 0 Å². The monoisotopic (exact) mass is 599 g/mol. The van der Waals surface area contributed by atoms with Gasteiger partial charge >= 0.3 is 5.97 Å². The zero-order chi connectivity index (χ0) is 27.5. The van der Waals surface area contributed by atoms with Gasteiger partial charge in [-0.2, -0.15) is 5.10 Å². The van der Waals surface area contributed by atoms with Gasteiger partial charge in [0.2, 0.25) is 0 Å². The summed E-state index contributed by atoms with van der Waals surface area (Å²) in [6.45, 7) is 4.05. The minimum absolute atomic E-state index is 0.290. The molecule has 0 spiro atoms. The number of aromatic amines is 1. The SMILES string of the molecule is Cc1cc(C)c2[nH]c(C(=O)NN=Cc3cc(Br)ccc3OC(=O)c3ccc(Cl)cc3)c(-c3ccccc3)c2c1. The number of halogens is 2. The molecular formula is C31H23BrClN3O3. The summed E-state index contributed by atoms with van der Waals surface area (Å²) in [6, 6.07) is 25.5. The van der Waals surface area contributed by atoms with Crippen molar-refractivity contribution in [3.05, 3.63) is 122 Å². The number of H-pyrrole nitrogens is 1. The fourth-order valence-electron chi connectivity index (χ4n) is 4.40. The highest BCUT2D eigenvalue weighted by Crippen LogP contribution is 2.34. The molecule has 5 rings (SSSR count). The summed E-state index contributed by atoms with van der Waals surface area (Å²) in [4.78, 5) is 29.3. The number of ether oxygens (including phenoxy) is 1. The van der Waals surface area contributed by atoms with E-state index in [1.807, 2.05) is 44.2 Å². The zero-order valence-corrected chi connectivity index (χ0v) is 23.4. The largest absolute Gasteiger partial charge is 0.422 e. The van der Waals surface area contributed by atoms with Crippen LogP contribution in [-0.4, -0.2) is 23.1 Å². The van der Waals surface area contributed by atoms with Gasteiger partial charge in [-0.1, -0.05) is 69.5 Å². The molecule has 4 aromatic carbocycles. The molecule has 8 heteroatoms. The number of benzene rings is 4. The molecule has 0 saturated heterocycles. The molecule has 0 aliphatic carbocycles. The number of hydrazone groups is 1. The van der Waals surface area contributed by atoms with Crippen molar-refractivity contribution < 1.29 is 14.3 Å². The molecule has 6 nitrogen and oxygen atoms in total. The number of aromatic nitrogens is 1. The van der Waals surface area contributed by atoms with Crippen LogP contribution in [-0.2, 0) is 0 Å². The van der Waals surface area contributed by atoms with Crippen LogP contribution in [0.3, 0.4) is 0 Å². The van der Waals surface area contributed by atoms with Gasteiger partial charge in [0.05, 0.1) is 11.8 Å². The minimum Gasteiger partial charge on any atom is -0.422 e. The second kappa shape index (κ2) is 11.3. The topological polar surface area (TPSA) is 83.6 Å². The molecule has 194 valence electrons. The molecule has 0 fully saturated rings. The number of carbonyl (C=O) groups is 2. The Morgan fingerprint density at radius 3 is 2.46 bits per heavy atom. The molecule has 0 saturated carbocycles. The number of hydrogen-bond acceptors (Lipinski definition) is 4. The minimum atomic E-state index is -0.538. The van der Waals surface area contributed by atoms with E-state index >= 15 is 0 Å². The van der Waals surface area contributed by atoms with Crippen molar-refractivity contribution in [3.8, 4) is 16.9 Å². The number of aryl methyl sites for hydroxylation is 2. The van der Waals surface area contributed by atoms with Crippen LogP contribution in [0.25, 0.3) is 22.0 Å². The quantitative estimate of drug-likeness (QED) is 0.0901. The average molecular weight is 601 g/mol. The van der Waals surface area contributed by atoms with Crippen molar-refractivity contribution in [1.29, 1.82) is 0 Å². The summed E-state index contributed by atoms with van der Waals surface area (Å²) in [5.74, 6) is -0.644. The highest BCUT2D eigenvalue weighted by molar-refractivity contribution is 9.10. The summed E-state index contributed by atoms with van der Waals surface area (Å²) in [5.41, 5.74) is 8.67. The van der Waals surface area contributed by atoms with Crippen LogP contribution < -0.4 is 10.2 Å². The normalized spacial score (nSPS) is 11.2. The Bertz CT molecular complexity index is 1730. The molecule has 1 amide bonds. The number of rotatable bonds is 6. The molecule has 39 heavy (non-hydrogen) atoms. The molecular weight excluding hydrogens is 578 g/mol. The predicted octanol–water partition coefficient (Wildman–Crippen LogP) is 7.85. The Balaban J connectivity index is 1.43. The van der Waals surface area contributed by atoms with Crippen LogP contribution in [0.5, 0.6) is 5.75 Å². The number of amides is 1. The fourth-order valence-corrected chi connectivity index (χ4v) is 4.91. The summed E-state index contributed by atoms with van der Waals surface area (Å²) in [5, 5.41) is 5.67. The Morgan fingerprint density at radius 1 is 0.974 bits per heavy atom. The summed E-state index contributed by atoms with van der Waals surface area (Å²) in [7, 11) is 0. The van der Waals surface area contributed by atoms with E-state index in [0.717, 1.165) is 37.6 Å². The predicted molar refractivity (Wildman–Crippen MR) is 159 cm³/mol. The molecule has 5 aromatic rings. The van der Waals surface area contributed by atoms with E-state index in [1.165, 1.54) is 6.21 Å². The molecule has 1 heterocycles. The van der Waals surface area contributed by atoms with Gasteiger partial charge < -0.3 is 9.72 Å². The van der Waals surface area contributed by atoms with E-state index in [1.54, 1.807) is 42.5 Å². The number of hydrogen-bond donors (Lipinski definition) is 2. The lowest BCUT2D eigenvalue weighted by atomic mass is 9.99. The Kier molecular flexibility index (Phi) is 7.63. The first-order chi connectivity index (χ1) is 18.8. The number of nitrogens with zero attached hydrogens (tertiary/aromatic N) is 1. The Labute approximate surface area is 238 Å². The van der Waals surface area contributed by atoms with Crippen LogP contribution in [0, 0.1) is 13.8 Å². The van der Waals surface area contributed by atoms with Gasteiger partial charge in [0, 0.05) is 31.5 Å². The van der Waals surface area contributed by atoms with Gasteiger partial charge in [0.15, 0.2) is 0 Å². The maximum atomic E-state index is 13.4. The molecule has 1 aromatic heterocycles. The third-order valence-corrected chi connectivity index (χ3v) is 6.91. The number of carbonyl (C=O) groups excluding carboxylic acids is 2. The van der Waals surface area contributed by atoms with E-state index in [9.17, 15) is 9.59 Å². The highest BCUT2D eigenvalue weighted by Gasteiger charge is 2.20. The standard InChI is InChI=1S/C31H23BrClN3O3/c1-18-14-19(2)28-25(15-18)27(20-6-4-3-5-7-20)29(35-28)30(37)36-34-17-22-16-23(32)10-13-26(22)39-31(38)21-8-11-24(33)12-9-21/h3-17,35H,1-2H3,(H,36,37). The van der Waals surface area contributed by atoms with Crippen molar-refractivity contribution >= 4 is 56.5 Å². The first-order valence-corrected chi connectivity index (χ1v) is 13.3. The van der Waals surface area contributed by atoms with Crippen LogP contribution in [0.1, 0.15) is 37.5 Å². The summed E-state index contributed by atoms with van der Waals surface area (Å²) in [6.07, 6.45) is 1.44. The molecule has 0 aliphatic rings. The van der Waals surface area contributed by atoms with Gasteiger partial charge in [-0.25, -0.2) is 10.2 Å². The van der Waals surface area contributed by atoms with Crippen LogP contribution in [0.15, 0.2) is 94.5 Å². The lowest BCUT2D eigenvalue weighted by Crippen LogP contribution is -2.19. The Morgan fingerprint density at radius 2 is 1.72 bits per heavy atom. The van der Waals surface area contributed by atoms with Gasteiger partial charge in [-0.15, -0.1) is 0 Å². The van der Waals surface area contributed by atoms with E-state index in [4.69, 9.17) is 16.3 Å². The van der Waals surface area contributed by atoms with Crippen molar-refractivity contribution in [2.45, 2.75) is 13.8 Å². The second-order valence-electron chi connectivity index (χ2n) is 9.02. The first-order valence-electron chi connectivity index (χ1n) is 12.1. The average Bonchev–Trinajstić information content (AvgIpc) is 3.31. The van der Waals surface area contributed by atoms with Crippen molar-refractivity contribution in [3.63, 3.8) is 0 Å². The summed E-state index contributed by atoms with van der Waals surface area (Å²) < 4.78 is 6.36. The highest BCUT2D eigenvalue weighted by atomic mass is 79.9. The lowest BCUT2D eigenvalue weighted by Gasteiger charge is -2.08. The van der Waals surface area contributed by atoms with Crippen molar-refractivity contribution in [1.82, 2.24) is 10.4 Å². The number of esters is 1. The third kappa shape index (κ3) is 5.79. The number of fused-ring (bicyclic) bond motifs is 1. The zero-order valence-electron chi connectivity index (χ0n) is 21.1. The fraction of sp³-hybridized carbons (Fsp3) is 0.0645. The molecule has 0 bridgehead atoms. The van der Waals surface area contributed by atoms with Gasteiger partial charge in [-0.3, -0.25) is 4.79 Å². The number of nitrogens with one attached hydrogen (secondary N) is 2. The van der Waals surface area contributed by atoms with Crippen LogP contribution in [0.4, 0.5) is 0 Å². The smallest absolute Gasteiger partial charge is 0.343 e. The van der Waals surface area contributed by atoms with Crippen molar-refractivity contribution in [2.24, 2.45) is 5.10 Å². The third-order valence-electron chi connectivity index (χ3n) is 6.16. The molecule has 0 radical (unpaired) electrons. The molecule has 0 unspecified atom stereocenters. The molecule has 2 N–H and O–H groups in total. The van der Waals surface area contributed by atoms with Gasteiger partial charge in [0.25, 0.3) is 5.91 Å². The summed E-state index contributed by atoms with van der Waals surface area (Å²) >= 11 is 9.35. The molecule has 0 aliphatic heterocycles. The molecule has 0 atom stereocenters. The first kappa shape index (κ1) is 26.4. The van der Waals surface area contributed by atoms with E-state index < -0.39 is 11.9 Å². The lowest BCUT2D eigenvalue weighted by molar-refractivity contribution is 0.0734. The van der Waals surface area contributed by atoms with E-state index in [0.29, 0.717) is 21.8 Å². The van der Waals surface area contributed by atoms with Gasteiger partial charge in [0.1, 0.15) is 11.4 Å². The Hall–Kier alpha value is -4.20. The van der Waals surface area contributed by atoms with E-state index in [-0.39, 0.29) is 5.75 Å². The van der Waals surface area contributed by atoms with Crippen LogP contribution >= 0.6 is 27.5 Å². The van der Waals surface area contributed by atoms with E-state index in [2.05, 4.69) is 43.6 Å². The van der Waals surface area contributed by atoms with Crippen LogP contribution in [0.2, 0.25) is 5.02 Å². The maximum Gasteiger partial charge on any atom is 0.343 e. The second-order valence-corrected chi connectivity index (χ2v) is 10.4. The maximum absolute atomic E-state index is 13.4. The van der Waals surface area contributed by atoms with Gasteiger partial charge in [-0.05, 0) is 73.5 Å².